The van der Waals surface area contributed by atoms with E-state index in [4.69, 9.17) is 9.47 Å². The van der Waals surface area contributed by atoms with Gasteiger partial charge in [0, 0.05) is 19.0 Å². The lowest BCUT2D eigenvalue weighted by atomic mass is 10.1. The number of carbonyl (C=O) groups is 3. The van der Waals surface area contributed by atoms with Crippen LogP contribution in [0.15, 0.2) is 42.5 Å². The minimum Gasteiger partial charge on any atom is -0.495 e. The van der Waals surface area contributed by atoms with Crippen molar-refractivity contribution in [3.05, 3.63) is 54.1 Å². The van der Waals surface area contributed by atoms with Gasteiger partial charge in [0.1, 0.15) is 17.4 Å². The van der Waals surface area contributed by atoms with Gasteiger partial charge in [-0.3, -0.25) is 14.4 Å². The number of anilines is 2. The van der Waals surface area contributed by atoms with Gasteiger partial charge in [-0.2, -0.15) is 0 Å². The van der Waals surface area contributed by atoms with Crippen LogP contribution in [0.4, 0.5) is 20.2 Å². The molecule has 0 bridgehead atoms. The second kappa shape index (κ2) is 8.68. The van der Waals surface area contributed by atoms with Crippen LogP contribution in [0.25, 0.3) is 0 Å². The second-order valence-electron chi connectivity index (χ2n) is 6.36. The van der Waals surface area contributed by atoms with Crippen LogP contribution in [-0.4, -0.2) is 38.0 Å². The van der Waals surface area contributed by atoms with Gasteiger partial charge >= 0.3 is 5.97 Å². The highest BCUT2D eigenvalue weighted by Gasteiger charge is 2.37. The number of methoxy groups -OCH3 is 1. The van der Waals surface area contributed by atoms with Crippen LogP contribution >= 0.6 is 0 Å². The Morgan fingerprint density at radius 3 is 2.69 bits per heavy atom. The van der Waals surface area contributed by atoms with Crippen LogP contribution in [0.5, 0.6) is 5.75 Å². The SMILES string of the molecule is COc1ccccc1N1C[C@H](C(=O)OCC(=O)Nc2ccc(F)cc2F)CC1=O. The van der Waals surface area contributed by atoms with E-state index in [9.17, 15) is 23.2 Å². The summed E-state index contributed by atoms with van der Waals surface area (Å²) < 4.78 is 36.6. The first-order valence-electron chi connectivity index (χ1n) is 8.74. The number of halogens is 2. The van der Waals surface area contributed by atoms with Gasteiger partial charge < -0.3 is 19.7 Å². The lowest BCUT2D eigenvalue weighted by Crippen LogP contribution is -2.28. The van der Waals surface area contributed by atoms with Crippen LogP contribution in [-0.2, 0) is 19.1 Å². The molecule has 1 aliphatic rings. The molecule has 7 nitrogen and oxygen atoms in total. The quantitative estimate of drug-likeness (QED) is 0.748. The Hall–Kier alpha value is -3.49. The van der Waals surface area contributed by atoms with E-state index in [2.05, 4.69) is 5.32 Å². The van der Waals surface area contributed by atoms with Crippen LogP contribution in [0.1, 0.15) is 6.42 Å². The first-order chi connectivity index (χ1) is 13.9. The molecule has 3 rings (SSSR count). The fourth-order valence-electron chi connectivity index (χ4n) is 2.98. The van der Waals surface area contributed by atoms with Crippen molar-refractivity contribution in [3.8, 4) is 5.75 Å². The number of nitrogens with zero attached hydrogens (tertiary/aromatic N) is 1. The lowest BCUT2D eigenvalue weighted by Gasteiger charge is -2.19. The zero-order valence-electron chi connectivity index (χ0n) is 15.5. The monoisotopic (exact) mass is 404 g/mol. The van der Waals surface area contributed by atoms with Crippen molar-refractivity contribution in [2.45, 2.75) is 6.42 Å². The zero-order valence-corrected chi connectivity index (χ0v) is 15.5. The Labute approximate surface area is 165 Å². The molecule has 1 atom stereocenters. The number of hydrogen-bond donors (Lipinski definition) is 1. The van der Waals surface area contributed by atoms with Crippen molar-refractivity contribution < 1.29 is 32.6 Å². The fourth-order valence-corrected chi connectivity index (χ4v) is 2.98. The molecule has 0 aliphatic carbocycles. The number of amides is 2. The Bertz CT molecular complexity index is 950. The van der Waals surface area contributed by atoms with Gasteiger partial charge in [-0.25, -0.2) is 8.78 Å². The van der Waals surface area contributed by atoms with Crippen LogP contribution in [0, 0.1) is 17.6 Å². The van der Waals surface area contributed by atoms with E-state index < -0.39 is 36.0 Å². The molecule has 0 unspecified atom stereocenters. The summed E-state index contributed by atoms with van der Waals surface area (Å²) in [6.45, 7) is -0.568. The number of carbonyl (C=O) groups excluding carboxylic acids is 3. The third-order valence-corrected chi connectivity index (χ3v) is 4.39. The van der Waals surface area contributed by atoms with Gasteiger partial charge in [-0.05, 0) is 24.3 Å². The number of benzene rings is 2. The third-order valence-electron chi connectivity index (χ3n) is 4.39. The first kappa shape index (κ1) is 20.2. The van der Waals surface area contributed by atoms with E-state index in [1.807, 2.05) is 0 Å². The molecule has 1 fully saturated rings. The molecule has 2 amide bonds. The van der Waals surface area contributed by atoms with Crippen LogP contribution in [0.3, 0.4) is 0 Å². The number of esters is 1. The van der Waals surface area contributed by atoms with Gasteiger partial charge in [-0.1, -0.05) is 12.1 Å². The fraction of sp³-hybridized carbons (Fsp3) is 0.250. The Kier molecular flexibility index (Phi) is 6.06. The van der Waals surface area contributed by atoms with E-state index in [1.165, 1.54) is 12.0 Å². The molecule has 1 heterocycles. The summed E-state index contributed by atoms with van der Waals surface area (Å²) in [4.78, 5) is 37.9. The highest BCUT2D eigenvalue weighted by Crippen LogP contribution is 2.33. The van der Waals surface area contributed by atoms with Gasteiger partial charge in [0.15, 0.2) is 6.61 Å². The van der Waals surface area contributed by atoms with Crippen molar-refractivity contribution in [3.63, 3.8) is 0 Å². The minimum atomic E-state index is -0.946. The largest absolute Gasteiger partial charge is 0.495 e. The third kappa shape index (κ3) is 4.68. The molecule has 0 aromatic heterocycles. The smallest absolute Gasteiger partial charge is 0.311 e. The molecule has 2 aromatic carbocycles. The number of para-hydroxylation sites is 2. The van der Waals surface area contributed by atoms with Crippen molar-refractivity contribution in [2.24, 2.45) is 5.92 Å². The molecular weight excluding hydrogens is 386 g/mol. The van der Waals surface area contributed by atoms with Crippen molar-refractivity contribution >= 4 is 29.2 Å². The van der Waals surface area contributed by atoms with Gasteiger partial charge in [-0.15, -0.1) is 0 Å². The van der Waals surface area contributed by atoms with Gasteiger partial charge in [0.25, 0.3) is 5.91 Å². The lowest BCUT2D eigenvalue weighted by molar-refractivity contribution is -0.151. The Balaban J connectivity index is 1.56. The summed E-state index contributed by atoms with van der Waals surface area (Å²) in [6, 6.07) is 9.58. The normalized spacial score (nSPS) is 15.9. The van der Waals surface area contributed by atoms with Crippen molar-refractivity contribution in [1.29, 1.82) is 0 Å². The molecular formula is C20H18F2N2O5. The number of rotatable bonds is 6. The average Bonchev–Trinajstić information content (AvgIpc) is 3.09. The molecule has 9 heteroatoms. The molecule has 152 valence electrons. The number of ether oxygens (including phenoxy) is 2. The summed E-state index contributed by atoms with van der Waals surface area (Å²) in [7, 11) is 1.48. The van der Waals surface area contributed by atoms with Crippen molar-refractivity contribution in [1.82, 2.24) is 0 Å². The number of nitrogens with one attached hydrogen (secondary N) is 1. The Morgan fingerprint density at radius 1 is 1.21 bits per heavy atom. The second-order valence-corrected chi connectivity index (χ2v) is 6.36. The maximum Gasteiger partial charge on any atom is 0.311 e. The van der Waals surface area contributed by atoms with Gasteiger partial charge in [0.2, 0.25) is 5.91 Å². The van der Waals surface area contributed by atoms with Crippen LogP contribution < -0.4 is 15.0 Å². The van der Waals surface area contributed by atoms with E-state index in [-0.39, 0.29) is 24.6 Å². The zero-order chi connectivity index (χ0) is 21.0. The molecule has 0 radical (unpaired) electrons. The molecule has 1 N–H and O–H groups in total. The molecule has 2 aromatic rings. The minimum absolute atomic E-state index is 0.0644. The first-order valence-corrected chi connectivity index (χ1v) is 8.74. The number of hydrogen-bond acceptors (Lipinski definition) is 5. The molecule has 1 aliphatic heterocycles. The van der Waals surface area contributed by atoms with Crippen LogP contribution in [0.2, 0.25) is 0 Å². The van der Waals surface area contributed by atoms with E-state index in [0.717, 1.165) is 12.1 Å². The highest BCUT2D eigenvalue weighted by atomic mass is 19.1. The van der Waals surface area contributed by atoms with Gasteiger partial charge in [0.05, 0.1) is 24.4 Å². The summed E-state index contributed by atoms with van der Waals surface area (Å²) in [5.41, 5.74) is 0.311. The van der Waals surface area contributed by atoms with E-state index in [1.54, 1.807) is 24.3 Å². The topological polar surface area (TPSA) is 84.9 Å². The molecule has 0 saturated carbocycles. The maximum atomic E-state index is 13.5. The predicted octanol–water partition coefficient (Wildman–Crippen LogP) is 2.51. The molecule has 0 spiro atoms. The Morgan fingerprint density at radius 2 is 1.97 bits per heavy atom. The predicted molar refractivity (Wildman–Crippen MR) is 99.4 cm³/mol. The molecule has 1 saturated heterocycles. The standard InChI is InChI=1S/C20H18F2N2O5/c1-28-17-5-3-2-4-16(17)24-10-12(8-19(24)26)20(27)29-11-18(25)23-15-7-6-13(21)9-14(15)22/h2-7,9,12H,8,10-11H2,1H3,(H,23,25)/t12-/m1/s1. The maximum absolute atomic E-state index is 13.5. The average molecular weight is 404 g/mol. The summed E-state index contributed by atoms with van der Waals surface area (Å²) in [5, 5.41) is 2.19. The summed E-state index contributed by atoms with van der Waals surface area (Å²) >= 11 is 0. The van der Waals surface area contributed by atoms with E-state index >= 15 is 0 Å². The van der Waals surface area contributed by atoms with E-state index in [0.29, 0.717) is 17.5 Å². The summed E-state index contributed by atoms with van der Waals surface area (Å²) in [6.07, 6.45) is -0.0644. The molecule has 29 heavy (non-hydrogen) atoms. The van der Waals surface area contributed by atoms with Crippen molar-refractivity contribution in [2.75, 3.05) is 30.5 Å². The summed E-state index contributed by atoms with van der Waals surface area (Å²) in [5.74, 6) is -3.75. The highest BCUT2D eigenvalue weighted by molar-refractivity contribution is 6.01.